The monoisotopic (exact) mass is 402 g/mol. The summed E-state index contributed by atoms with van der Waals surface area (Å²) in [4.78, 5) is 10.1. The number of rotatable bonds is 3. The average molecular weight is 403 g/mol. The van der Waals surface area contributed by atoms with Crippen LogP contribution in [0.5, 0.6) is 0 Å². The molecule has 3 aromatic rings. The van der Waals surface area contributed by atoms with Gasteiger partial charge in [-0.2, -0.15) is 18.2 Å². The van der Waals surface area contributed by atoms with E-state index < -0.39 is 12.0 Å². The van der Waals surface area contributed by atoms with E-state index in [9.17, 15) is 13.2 Å². The zero-order valence-electron chi connectivity index (χ0n) is 14.4. The van der Waals surface area contributed by atoms with Crippen LogP contribution in [0.2, 0.25) is 0 Å². The van der Waals surface area contributed by atoms with Gasteiger partial charge in [0, 0.05) is 19.6 Å². The topological polar surface area (TPSA) is 72.0 Å². The Bertz CT molecular complexity index is 924. The normalized spacial score (nSPS) is 18.6. The number of alkyl halides is 3. The number of para-hydroxylation sites is 2. The SMILES string of the molecule is CN1CCNCC1c1noc(Cn2c(C(F)(F)F)nc3ccccc32)n1.Cl. The first-order chi connectivity index (χ1) is 12.4. The molecule has 11 heteroatoms. The standard InChI is InChI=1S/C16H17F3N6O.ClH/c1-24-7-6-20-8-12(24)14-22-13(26-23-14)9-25-11-5-3-2-4-10(11)21-15(25)16(17,18)19;/h2-5,12,20H,6-9H2,1H3;1H. The number of fused-ring (bicyclic) bond motifs is 1. The molecule has 0 amide bonds. The fourth-order valence-electron chi connectivity index (χ4n) is 3.15. The maximum absolute atomic E-state index is 13.4. The molecular weight excluding hydrogens is 385 g/mol. The van der Waals surface area contributed by atoms with Crippen LogP contribution in [0.3, 0.4) is 0 Å². The van der Waals surface area contributed by atoms with Gasteiger partial charge in [0.15, 0.2) is 5.82 Å². The van der Waals surface area contributed by atoms with Crippen molar-refractivity contribution in [3.8, 4) is 0 Å². The highest BCUT2D eigenvalue weighted by molar-refractivity contribution is 5.85. The summed E-state index contributed by atoms with van der Waals surface area (Å²) in [5, 5.41) is 7.20. The number of nitrogens with zero attached hydrogens (tertiary/aromatic N) is 5. The van der Waals surface area contributed by atoms with Crippen molar-refractivity contribution in [3.63, 3.8) is 0 Å². The summed E-state index contributed by atoms with van der Waals surface area (Å²) in [7, 11) is 1.95. The first-order valence-corrected chi connectivity index (χ1v) is 8.19. The molecule has 0 radical (unpaired) electrons. The van der Waals surface area contributed by atoms with Crippen LogP contribution < -0.4 is 5.32 Å². The maximum atomic E-state index is 13.4. The fourth-order valence-corrected chi connectivity index (χ4v) is 3.15. The van der Waals surface area contributed by atoms with E-state index in [1.165, 1.54) is 0 Å². The van der Waals surface area contributed by atoms with Gasteiger partial charge in [-0.25, -0.2) is 4.98 Å². The number of piperazine rings is 1. The predicted molar refractivity (Wildman–Crippen MR) is 93.6 cm³/mol. The number of nitrogens with one attached hydrogen (secondary N) is 1. The van der Waals surface area contributed by atoms with Gasteiger partial charge in [-0.1, -0.05) is 17.3 Å². The van der Waals surface area contributed by atoms with Crippen molar-refractivity contribution < 1.29 is 17.7 Å². The van der Waals surface area contributed by atoms with Crippen LogP contribution in [-0.2, 0) is 12.7 Å². The molecule has 1 fully saturated rings. The van der Waals surface area contributed by atoms with E-state index in [4.69, 9.17) is 4.52 Å². The molecule has 146 valence electrons. The molecule has 0 bridgehead atoms. The van der Waals surface area contributed by atoms with Gasteiger partial charge in [-0.3, -0.25) is 4.90 Å². The average Bonchev–Trinajstić information content (AvgIpc) is 3.21. The molecule has 0 saturated carbocycles. The van der Waals surface area contributed by atoms with Gasteiger partial charge >= 0.3 is 6.18 Å². The molecule has 0 aliphatic carbocycles. The van der Waals surface area contributed by atoms with Crippen molar-refractivity contribution in [1.29, 1.82) is 0 Å². The highest BCUT2D eigenvalue weighted by atomic mass is 35.5. The second kappa shape index (κ2) is 7.45. The number of halogens is 4. The number of imidazole rings is 1. The molecule has 1 aliphatic rings. The van der Waals surface area contributed by atoms with Crippen molar-refractivity contribution in [2.75, 3.05) is 26.7 Å². The highest BCUT2D eigenvalue weighted by Crippen LogP contribution is 2.32. The van der Waals surface area contributed by atoms with Crippen LogP contribution in [0, 0.1) is 0 Å². The maximum Gasteiger partial charge on any atom is 0.449 e. The van der Waals surface area contributed by atoms with Gasteiger partial charge in [0.05, 0.1) is 17.1 Å². The Balaban J connectivity index is 0.00000210. The summed E-state index contributed by atoms with van der Waals surface area (Å²) < 4.78 is 46.4. The molecule has 1 aliphatic heterocycles. The quantitative estimate of drug-likeness (QED) is 0.725. The van der Waals surface area contributed by atoms with E-state index in [2.05, 4.69) is 25.3 Å². The third-order valence-electron chi connectivity index (χ3n) is 4.49. The summed E-state index contributed by atoms with van der Waals surface area (Å²) in [5.41, 5.74) is 0.645. The van der Waals surface area contributed by atoms with E-state index in [1.807, 2.05) is 7.05 Å². The van der Waals surface area contributed by atoms with Gasteiger partial charge in [-0.15, -0.1) is 12.4 Å². The minimum absolute atomic E-state index is 0. The smallest absolute Gasteiger partial charge is 0.337 e. The lowest BCUT2D eigenvalue weighted by Crippen LogP contribution is -2.44. The van der Waals surface area contributed by atoms with E-state index in [-0.39, 0.29) is 36.4 Å². The molecular formula is C16H18ClF3N6O. The molecule has 0 spiro atoms. The van der Waals surface area contributed by atoms with Gasteiger partial charge in [0.25, 0.3) is 0 Å². The molecule has 27 heavy (non-hydrogen) atoms. The molecule has 2 aromatic heterocycles. The van der Waals surface area contributed by atoms with Crippen molar-refractivity contribution >= 4 is 23.4 Å². The third kappa shape index (κ3) is 3.78. The summed E-state index contributed by atoms with van der Waals surface area (Å²) in [6.45, 7) is 2.18. The van der Waals surface area contributed by atoms with E-state index in [0.717, 1.165) is 17.7 Å². The molecule has 3 heterocycles. The Morgan fingerprint density at radius 3 is 2.78 bits per heavy atom. The summed E-state index contributed by atoms with van der Waals surface area (Å²) in [6, 6.07) is 6.39. The zero-order chi connectivity index (χ0) is 18.3. The second-order valence-corrected chi connectivity index (χ2v) is 6.25. The first-order valence-electron chi connectivity index (χ1n) is 8.19. The second-order valence-electron chi connectivity index (χ2n) is 6.25. The molecule has 7 nitrogen and oxygen atoms in total. The summed E-state index contributed by atoms with van der Waals surface area (Å²) >= 11 is 0. The van der Waals surface area contributed by atoms with Gasteiger partial charge in [-0.05, 0) is 19.2 Å². The van der Waals surface area contributed by atoms with Gasteiger partial charge in [0.2, 0.25) is 11.7 Å². The molecule has 1 saturated heterocycles. The molecule has 1 N–H and O–H groups in total. The Kier molecular flexibility index (Phi) is 5.41. The highest BCUT2D eigenvalue weighted by Gasteiger charge is 2.38. The summed E-state index contributed by atoms with van der Waals surface area (Å²) in [5.74, 6) is -0.393. The van der Waals surface area contributed by atoms with Crippen molar-refractivity contribution in [2.24, 2.45) is 0 Å². The number of aromatic nitrogens is 4. The van der Waals surface area contributed by atoms with Crippen LogP contribution in [0.15, 0.2) is 28.8 Å². The van der Waals surface area contributed by atoms with E-state index in [0.29, 0.717) is 17.9 Å². The third-order valence-corrected chi connectivity index (χ3v) is 4.49. The lowest BCUT2D eigenvalue weighted by Gasteiger charge is -2.30. The Hall–Kier alpha value is -2.17. The Morgan fingerprint density at radius 1 is 1.26 bits per heavy atom. The minimum Gasteiger partial charge on any atom is -0.337 e. The zero-order valence-corrected chi connectivity index (χ0v) is 15.2. The number of hydrogen-bond acceptors (Lipinski definition) is 6. The van der Waals surface area contributed by atoms with E-state index >= 15 is 0 Å². The number of likely N-dealkylation sites (N-methyl/N-ethyl adjacent to an activating group) is 1. The van der Waals surface area contributed by atoms with Gasteiger partial charge in [0.1, 0.15) is 6.54 Å². The van der Waals surface area contributed by atoms with Gasteiger partial charge < -0.3 is 14.4 Å². The molecule has 1 atom stereocenters. The fraction of sp³-hybridized carbons (Fsp3) is 0.438. The molecule has 1 aromatic carbocycles. The van der Waals surface area contributed by atoms with E-state index in [1.54, 1.807) is 24.3 Å². The Labute approximate surface area is 159 Å². The first kappa shape index (κ1) is 19.6. The van der Waals surface area contributed by atoms with Crippen LogP contribution in [0.4, 0.5) is 13.2 Å². The molecule has 1 unspecified atom stereocenters. The van der Waals surface area contributed by atoms with Crippen LogP contribution in [0.25, 0.3) is 11.0 Å². The lowest BCUT2D eigenvalue weighted by atomic mass is 10.2. The van der Waals surface area contributed by atoms with Crippen LogP contribution >= 0.6 is 12.4 Å². The van der Waals surface area contributed by atoms with Crippen molar-refractivity contribution in [1.82, 2.24) is 29.9 Å². The van der Waals surface area contributed by atoms with Crippen molar-refractivity contribution in [2.45, 2.75) is 18.8 Å². The van der Waals surface area contributed by atoms with Crippen LogP contribution in [-0.4, -0.2) is 51.3 Å². The Morgan fingerprint density at radius 2 is 2.04 bits per heavy atom. The number of hydrogen-bond donors (Lipinski definition) is 1. The predicted octanol–water partition coefficient (Wildman–Crippen LogP) is 2.48. The summed E-state index contributed by atoms with van der Waals surface area (Å²) in [6.07, 6.45) is -4.57. The number of benzene rings is 1. The van der Waals surface area contributed by atoms with Crippen molar-refractivity contribution in [3.05, 3.63) is 41.8 Å². The largest absolute Gasteiger partial charge is 0.449 e. The minimum atomic E-state index is -4.57. The van der Waals surface area contributed by atoms with Crippen LogP contribution in [0.1, 0.15) is 23.6 Å². The molecule has 4 rings (SSSR count). The lowest BCUT2D eigenvalue weighted by molar-refractivity contribution is -0.146.